The van der Waals surface area contributed by atoms with Crippen LogP contribution in [0.5, 0.6) is 5.75 Å². The van der Waals surface area contributed by atoms with Crippen LogP contribution < -0.4 is 4.74 Å². The van der Waals surface area contributed by atoms with Crippen LogP contribution in [0.2, 0.25) is 5.02 Å². The molecule has 0 aliphatic heterocycles. The molecule has 112 valence electrons. The van der Waals surface area contributed by atoms with E-state index in [9.17, 15) is 5.11 Å². The predicted octanol–water partition coefficient (Wildman–Crippen LogP) is 5.00. The zero-order valence-corrected chi connectivity index (χ0v) is 12.8. The summed E-state index contributed by atoms with van der Waals surface area (Å²) in [5.41, 5.74) is 0.853. The second-order valence-electron chi connectivity index (χ2n) is 5.21. The largest absolute Gasteiger partial charge is 0.493 e. The molecule has 1 atom stereocenters. The minimum Gasteiger partial charge on any atom is -0.493 e. The molecule has 0 aliphatic carbocycles. The predicted molar refractivity (Wildman–Crippen MR) is 90.5 cm³/mol. The molecule has 22 heavy (non-hydrogen) atoms. The van der Waals surface area contributed by atoms with Gasteiger partial charge < -0.3 is 9.84 Å². The molecule has 0 amide bonds. The van der Waals surface area contributed by atoms with Gasteiger partial charge in [0.25, 0.3) is 0 Å². The number of benzene rings is 3. The molecule has 0 aliphatic rings. The lowest BCUT2D eigenvalue weighted by molar-refractivity contribution is 0.141. The standard InChI is InChI=1S/C19H17ClO2/c20-17-8-5-15(6-9-17)19(21)11-12-22-18-10-7-14-3-1-2-4-16(14)13-18/h1-10,13,19,21H,11-12H2. The van der Waals surface area contributed by atoms with E-state index in [2.05, 4.69) is 12.1 Å². The highest BCUT2D eigenvalue weighted by Crippen LogP contribution is 2.22. The Balaban J connectivity index is 1.58. The Morgan fingerprint density at radius 2 is 1.64 bits per heavy atom. The Bertz CT molecular complexity index is 753. The zero-order chi connectivity index (χ0) is 15.4. The molecule has 1 N–H and O–H groups in total. The summed E-state index contributed by atoms with van der Waals surface area (Å²) in [6.07, 6.45) is -0.00761. The maximum absolute atomic E-state index is 10.1. The number of aliphatic hydroxyl groups excluding tert-OH is 1. The summed E-state index contributed by atoms with van der Waals surface area (Å²) in [5.74, 6) is 0.821. The molecule has 0 aromatic heterocycles. The lowest BCUT2D eigenvalue weighted by Crippen LogP contribution is -2.05. The van der Waals surface area contributed by atoms with Crippen LogP contribution in [0.4, 0.5) is 0 Å². The molecule has 3 aromatic carbocycles. The van der Waals surface area contributed by atoms with E-state index in [1.54, 1.807) is 12.1 Å². The van der Waals surface area contributed by atoms with Crippen LogP contribution in [0.15, 0.2) is 66.7 Å². The van der Waals surface area contributed by atoms with Crippen LogP contribution in [0.25, 0.3) is 10.8 Å². The van der Waals surface area contributed by atoms with Crippen LogP contribution in [0, 0.1) is 0 Å². The van der Waals surface area contributed by atoms with Crippen molar-refractivity contribution in [2.75, 3.05) is 6.61 Å². The van der Waals surface area contributed by atoms with E-state index in [0.29, 0.717) is 18.1 Å². The van der Waals surface area contributed by atoms with Gasteiger partial charge >= 0.3 is 0 Å². The van der Waals surface area contributed by atoms with Crippen molar-refractivity contribution < 1.29 is 9.84 Å². The van der Waals surface area contributed by atoms with Crippen molar-refractivity contribution in [2.45, 2.75) is 12.5 Å². The molecule has 1 unspecified atom stereocenters. The van der Waals surface area contributed by atoms with Crippen LogP contribution in [-0.4, -0.2) is 11.7 Å². The second kappa shape index (κ2) is 6.82. The van der Waals surface area contributed by atoms with Gasteiger partial charge in [-0.05, 0) is 40.6 Å². The van der Waals surface area contributed by atoms with E-state index in [-0.39, 0.29) is 0 Å². The highest BCUT2D eigenvalue weighted by molar-refractivity contribution is 6.30. The fourth-order valence-electron chi connectivity index (χ4n) is 2.40. The van der Waals surface area contributed by atoms with E-state index in [0.717, 1.165) is 16.7 Å². The minimum absolute atomic E-state index is 0.460. The van der Waals surface area contributed by atoms with Gasteiger partial charge in [0.1, 0.15) is 5.75 Å². The van der Waals surface area contributed by atoms with Crippen molar-refractivity contribution in [1.82, 2.24) is 0 Å². The number of halogens is 1. The lowest BCUT2D eigenvalue weighted by atomic mass is 10.1. The smallest absolute Gasteiger partial charge is 0.119 e. The average Bonchev–Trinajstić information content (AvgIpc) is 2.55. The number of ether oxygens (including phenoxy) is 1. The van der Waals surface area contributed by atoms with Crippen molar-refractivity contribution in [2.24, 2.45) is 0 Å². The van der Waals surface area contributed by atoms with Crippen molar-refractivity contribution in [1.29, 1.82) is 0 Å². The number of aliphatic hydroxyl groups is 1. The molecule has 3 heteroatoms. The van der Waals surface area contributed by atoms with Gasteiger partial charge in [-0.1, -0.05) is 54.1 Å². The highest BCUT2D eigenvalue weighted by atomic mass is 35.5. The first-order valence-electron chi connectivity index (χ1n) is 7.27. The SMILES string of the molecule is OC(CCOc1ccc2ccccc2c1)c1ccc(Cl)cc1. The van der Waals surface area contributed by atoms with Gasteiger partial charge in [-0.2, -0.15) is 0 Å². The maximum Gasteiger partial charge on any atom is 0.119 e. The first-order chi connectivity index (χ1) is 10.7. The first kappa shape index (κ1) is 14.9. The van der Waals surface area contributed by atoms with Crippen LogP contribution in [0.1, 0.15) is 18.1 Å². The summed E-state index contributed by atoms with van der Waals surface area (Å²) in [5, 5.41) is 13.1. The average molecular weight is 313 g/mol. The first-order valence-corrected chi connectivity index (χ1v) is 7.65. The van der Waals surface area contributed by atoms with Crippen LogP contribution >= 0.6 is 11.6 Å². The third-order valence-corrected chi connectivity index (χ3v) is 3.89. The van der Waals surface area contributed by atoms with E-state index < -0.39 is 6.10 Å². The molecular weight excluding hydrogens is 296 g/mol. The van der Waals surface area contributed by atoms with Gasteiger partial charge in [-0.3, -0.25) is 0 Å². The monoisotopic (exact) mass is 312 g/mol. The van der Waals surface area contributed by atoms with Gasteiger partial charge in [-0.15, -0.1) is 0 Å². The molecule has 0 spiro atoms. The minimum atomic E-state index is -0.544. The Morgan fingerprint density at radius 1 is 0.909 bits per heavy atom. The van der Waals surface area contributed by atoms with E-state index in [1.165, 1.54) is 5.39 Å². The number of hydrogen-bond acceptors (Lipinski definition) is 2. The molecule has 0 heterocycles. The quantitative estimate of drug-likeness (QED) is 0.718. The summed E-state index contributed by atoms with van der Waals surface area (Å²) in [4.78, 5) is 0. The molecule has 0 saturated carbocycles. The molecule has 0 fully saturated rings. The molecule has 0 radical (unpaired) electrons. The van der Waals surface area contributed by atoms with Crippen LogP contribution in [0.3, 0.4) is 0 Å². The normalized spacial score (nSPS) is 12.3. The molecular formula is C19H17ClO2. The third-order valence-electron chi connectivity index (χ3n) is 3.64. The molecule has 0 saturated heterocycles. The second-order valence-corrected chi connectivity index (χ2v) is 5.65. The van der Waals surface area contributed by atoms with Crippen molar-refractivity contribution in [3.8, 4) is 5.75 Å². The number of rotatable bonds is 5. The fourth-order valence-corrected chi connectivity index (χ4v) is 2.52. The summed E-state index contributed by atoms with van der Waals surface area (Å²) in [6, 6.07) is 21.4. The molecule has 3 aromatic rings. The summed E-state index contributed by atoms with van der Waals surface area (Å²) < 4.78 is 5.74. The summed E-state index contributed by atoms with van der Waals surface area (Å²) >= 11 is 5.84. The highest BCUT2D eigenvalue weighted by Gasteiger charge is 2.07. The van der Waals surface area contributed by atoms with Crippen LogP contribution in [-0.2, 0) is 0 Å². The summed E-state index contributed by atoms with van der Waals surface area (Å²) in [6.45, 7) is 0.460. The van der Waals surface area contributed by atoms with Gasteiger partial charge in [0.15, 0.2) is 0 Å². The van der Waals surface area contributed by atoms with E-state index >= 15 is 0 Å². The van der Waals surface area contributed by atoms with Gasteiger partial charge in [0.2, 0.25) is 0 Å². The number of hydrogen-bond donors (Lipinski definition) is 1. The van der Waals surface area contributed by atoms with Gasteiger partial charge in [-0.25, -0.2) is 0 Å². The Hall–Kier alpha value is -2.03. The van der Waals surface area contributed by atoms with Crippen molar-refractivity contribution >= 4 is 22.4 Å². The van der Waals surface area contributed by atoms with Gasteiger partial charge in [0, 0.05) is 11.4 Å². The van der Waals surface area contributed by atoms with E-state index in [1.807, 2.05) is 42.5 Å². The Kier molecular flexibility index (Phi) is 4.62. The topological polar surface area (TPSA) is 29.5 Å². The fraction of sp³-hybridized carbons (Fsp3) is 0.158. The van der Waals surface area contributed by atoms with Gasteiger partial charge in [0.05, 0.1) is 12.7 Å². The zero-order valence-electron chi connectivity index (χ0n) is 12.1. The Morgan fingerprint density at radius 3 is 2.41 bits per heavy atom. The van der Waals surface area contributed by atoms with Crippen molar-refractivity contribution in [3.05, 3.63) is 77.3 Å². The summed E-state index contributed by atoms with van der Waals surface area (Å²) in [7, 11) is 0. The Labute approximate surface area is 134 Å². The molecule has 3 rings (SSSR count). The lowest BCUT2D eigenvalue weighted by Gasteiger charge is -2.12. The molecule has 2 nitrogen and oxygen atoms in total. The molecule has 0 bridgehead atoms. The van der Waals surface area contributed by atoms with E-state index in [4.69, 9.17) is 16.3 Å². The van der Waals surface area contributed by atoms with Crippen molar-refractivity contribution in [3.63, 3.8) is 0 Å². The number of fused-ring (bicyclic) bond motifs is 1. The maximum atomic E-state index is 10.1. The third kappa shape index (κ3) is 3.59.